The van der Waals surface area contributed by atoms with E-state index in [-0.39, 0.29) is 11.7 Å². The van der Waals surface area contributed by atoms with E-state index in [2.05, 4.69) is 15.5 Å². The molecular weight excluding hydrogens is 356 g/mol. The van der Waals surface area contributed by atoms with Gasteiger partial charge in [-0.15, -0.1) is 10.2 Å². The number of carbonyl (C=O) groups is 1. The predicted octanol–water partition coefficient (Wildman–Crippen LogP) is 4.27. The molecule has 0 fully saturated rings. The summed E-state index contributed by atoms with van der Waals surface area (Å²) in [5, 5.41) is 12.2. The summed E-state index contributed by atoms with van der Waals surface area (Å²) in [5.41, 5.74) is 3.83. The molecule has 0 radical (unpaired) electrons. The fourth-order valence-electron chi connectivity index (χ4n) is 2.31. The van der Waals surface area contributed by atoms with Crippen LogP contribution in [0.2, 0.25) is 5.02 Å². The van der Waals surface area contributed by atoms with Gasteiger partial charge in [0.2, 0.25) is 5.91 Å². The minimum absolute atomic E-state index is 0.0839. The Labute approximate surface area is 155 Å². The highest BCUT2D eigenvalue weighted by Gasteiger charge is 2.11. The van der Waals surface area contributed by atoms with Crippen molar-refractivity contribution in [1.29, 1.82) is 0 Å². The normalized spacial score (nSPS) is 10.7. The highest BCUT2D eigenvalue weighted by atomic mass is 35.5. The number of hydrogen-bond donors (Lipinski definition) is 1. The second kappa shape index (κ2) is 7.72. The lowest BCUT2D eigenvalue weighted by molar-refractivity contribution is -0.113. The van der Waals surface area contributed by atoms with Gasteiger partial charge in [0.15, 0.2) is 5.16 Å². The largest absolute Gasteiger partial charge is 0.325 e. The first kappa shape index (κ1) is 17.5. The molecule has 0 aliphatic heterocycles. The molecule has 5 nitrogen and oxygen atoms in total. The molecule has 3 aromatic rings. The fourth-order valence-corrected chi connectivity index (χ4v) is 3.23. The molecule has 0 bridgehead atoms. The van der Waals surface area contributed by atoms with E-state index in [1.807, 2.05) is 54.8 Å². The van der Waals surface area contributed by atoms with E-state index in [4.69, 9.17) is 11.6 Å². The summed E-state index contributed by atoms with van der Waals surface area (Å²) in [7, 11) is 0. The van der Waals surface area contributed by atoms with Gasteiger partial charge in [-0.2, -0.15) is 0 Å². The van der Waals surface area contributed by atoms with E-state index in [1.165, 1.54) is 11.8 Å². The van der Waals surface area contributed by atoms with Gasteiger partial charge in [-0.25, -0.2) is 0 Å². The minimum atomic E-state index is -0.0839. The topological polar surface area (TPSA) is 59.8 Å². The van der Waals surface area contributed by atoms with Crippen molar-refractivity contribution in [2.45, 2.75) is 19.0 Å². The lowest BCUT2D eigenvalue weighted by Crippen LogP contribution is -2.15. The molecule has 2 aromatic carbocycles. The molecule has 7 heteroatoms. The second-order valence-corrected chi connectivity index (χ2v) is 7.00. The van der Waals surface area contributed by atoms with Crippen molar-refractivity contribution < 1.29 is 4.79 Å². The molecule has 0 spiro atoms. The zero-order valence-electron chi connectivity index (χ0n) is 13.9. The van der Waals surface area contributed by atoms with Crippen LogP contribution in [0.1, 0.15) is 11.1 Å². The fraction of sp³-hybridized carbons (Fsp3) is 0.167. The summed E-state index contributed by atoms with van der Waals surface area (Å²) in [6.45, 7) is 3.97. The van der Waals surface area contributed by atoms with Crippen LogP contribution in [-0.2, 0) is 4.79 Å². The van der Waals surface area contributed by atoms with E-state index in [1.54, 1.807) is 12.4 Å². The van der Waals surface area contributed by atoms with Crippen LogP contribution in [0.3, 0.4) is 0 Å². The number of aromatic nitrogens is 3. The summed E-state index contributed by atoms with van der Waals surface area (Å²) in [5.74, 6) is 0.159. The third-order valence-electron chi connectivity index (χ3n) is 3.60. The van der Waals surface area contributed by atoms with Crippen LogP contribution in [0.25, 0.3) is 5.69 Å². The zero-order chi connectivity index (χ0) is 17.8. The van der Waals surface area contributed by atoms with Crippen molar-refractivity contribution in [3.05, 3.63) is 64.9 Å². The first-order valence-corrected chi connectivity index (χ1v) is 9.05. The molecule has 128 valence electrons. The number of hydrogen-bond acceptors (Lipinski definition) is 4. The van der Waals surface area contributed by atoms with Crippen LogP contribution in [0.4, 0.5) is 5.69 Å². The number of anilines is 1. The summed E-state index contributed by atoms with van der Waals surface area (Å²) in [4.78, 5) is 12.3. The quantitative estimate of drug-likeness (QED) is 0.679. The molecule has 0 saturated heterocycles. The van der Waals surface area contributed by atoms with Crippen LogP contribution in [-0.4, -0.2) is 26.4 Å². The average Bonchev–Trinajstić information content (AvgIpc) is 3.05. The van der Waals surface area contributed by atoms with Gasteiger partial charge in [-0.1, -0.05) is 41.6 Å². The Morgan fingerprint density at radius 3 is 2.88 bits per heavy atom. The van der Waals surface area contributed by atoms with Crippen LogP contribution >= 0.6 is 23.4 Å². The van der Waals surface area contributed by atoms with Gasteiger partial charge >= 0.3 is 0 Å². The number of aryl methyl sites for hydroxylation is 2. The molecule has 3 rings (SSSR count). The van der Waals surface area contributed by atoms with Crippen LogP contribution in [0.15, 0.2) is 53.9 Å². The number of halogens is 1. The van der Waals surface area contributed by atoms with Crippen molar-refractivity contribution in [2.24, 2.45) is 0 Å². The van der Waals surface area contributed by atoms with E-state index in [9.17, 15) is 4.79 Å². The number of nitrogens with one attached hydrogen (secondary N) is 1. The lowest BCUT2D eigenvalue weighted by Gasteiger charge is -2.10. The van der Waals surface area contributed by atoms with E-state index in [0.717, 1.165) is 22.5 Å². The maximum Gasteiger partial charge on any atom is 0.234 e. The molecule has 1 N–H and O–H groups in total. The molecule has 0 unspecified atom stereocenters. The van der Waals surface area contributed by atoms with E-state index in [0.29, 0.717) is 10.2 Å². The van der Waals surface area contributed by atoms with Gasteiger partial charge in [0.25, 0.3) is 0 Å². The third-order valence-corrected chi connectivity index (χ3v) is 4.78. The number of thioether (sulfide) groups is 1. The smallest absolute Gasteiger partial charge is 0.234 e. The molecule has 0 aliphatic rings. The SMILES string of the molecule is Cc1ccc(C)c(NC(=O)CSc2nncn2-c2cccc(Cl)c2)c1. The maximum absolute atomic E-state index is 12.3. The van der Waals surface area contributed by atoms with E-state index >= 15 is 0 Å². The standard InChI is InChI=1S/C18H17ClN4OS/c1-12-6-7-13(2)16(8-12)21-17(24)10-25-18-22-20-11-23(18)15-5-3-4-14(19)9-15/h3-9,11H,10H2,1-2H3,(H,21,24). The summed E-state index contributed by atoms with van der Waals surface area (Å²) in [6, 6.07) is 13.4. The first-order valence-electron chi connectivity index (χ1n) is 7.69. The van der Waals surface area contributed by atoms with Crippen molar-refractivity contribution in [2.75, 3.05) is 11.1 Å². The number of carbonyl (C=O) groups excluding carboxylic acids is 1. The lowest BCUT2D eigenvalue weighted by atomic mass is 10.1. The Hall–Kier alpha value is -2.31. The van der Waals surface area contributed by atoms with Crippen molar-refractivity contribution >= 4 is 35.0 Å². The molecule has 1 heterocycles. The predicted molar refractivity (Wildman–Crippen MR) is 102 cm³/mol. The van der Waals surface area contributed by atoms with Gasteiger partial charge in [0, 0.05) is 10.7 Å². The Bertz CT molecular complexity index is 910. The number of amides is 1. The molecular formula is C18H17ClN4OS. The molecule has 0 aliphatic carbocycles. The van der Waals surface area contributed by atoms with Crippen LogP contribution in [0, 0.1) is 13.8 Å². The van der Waals surface area contributed by atoms with Gasteiger partial charge in [0.1, 0.15) is 6.33 Å². The molecule has 1 aromatic heterocycles. The number of rotatable bonds is 5. The Morgan fingerprint density at radius 2 is 2.08 bits per heavy atom. The zero-order valence-corrected chi connectivity index (χ0v) is 15.4. The van der Waals surface area contributed by atoms with Crippen LogP contribution < -0.4 is 5.32 Å². The molecule has 0 saturated carbocycles. The maximum atomic E-state index is 12.3. The highest BCUT2D eigenvalue weighted by Crippen LogP contribution is 2.22. The molecule has 25 heavy (non-hydrogen) atoms. The summed E-state index contributed by atoms with van der Waals surface area (Å²) in [6.07, 6.45) is 1.61. The monoisotopic (exact) mass is 372 g/mol. The Kier molecular flexibility index (Phi) is 5.40. The van der Waals surface area contributed by atoms with Crippen LogP contribution in [0.5, 0.6) is 0 Å². The molecule has 1 amide bonds. The minimum Gasteiger partial charge on any atom is -0.325 e. The van der Waals surface area contributed by atoms with E-state index < -0.39 is 0 Å². The Balaban J connectivity index is 1.67. The first-order chi connectivity index (χ1) is 12.0. The van der Waals surface area contributed by atoms with Gasteiger partial charge < -0.3 is 5.32 Å². The number of nitrogens with zero attached hydrogens (tertiary/aromatic N) is 3. The van der Waals surface area contributed by atoms with Gasteiger partial charge in [-0.05, 0) is 49.2 Å². The Morgan fingerprint density at radius 1 is 1.24 bits per heavy atom. The van der Waals surface area contributed by atoms with Crippen molar-refractivity contribution in [3.63, 3.8) is 0 Å². The van der Waals surface area contributed by atoms with Crippen molar-refractivity contribution in [3.8, 4) is 5.69 Å². The summed E-state index contributed by atoms with van der Waals surface area (Å²) >= 11 is 7.36. The average molecular weight is 373 g/mol. The third kappa shape index (κ3) is 4.41. The highest BCUT2D eigenvalue weighted by molar-refractivity contribution is 7.99. The summed E-state index contributed by atoms with van der Waals surface area (Å²) < 4.78 is 1.81. The number of benzene rings is 2. The van der Waals surface area contributed by atoms with Gasteiger partial charge in [0.05, 0.1) is 11.4 Å². The molecule has 0 atom stereocenters. The van der Waals surface area contributed by atoms with Crippen molar-refractivity contribution in [1.82, 2.24) is 14.8 Å². The van der Waals surface area contributed by atoms with Gasteiger partial charge in [-0.3, -0.25) is 9.36 Å². The second-order valence-electron chi connectivity index (χ2n) is 5.62.